The molecule has 0 radical (unpaired) electrons. The first-order valence-corrected chi connectivity index (χ1v) is 9.51. The molecule has 1 aliphatic rings. The van der Waals surface area contributed by atoms with E-state index >= 15 is 0 Å². The van der Waals surface area contributed by atoms with Crippen LogP contribution in [0.25, 0.3) is 11.4 Å². The third-order valence-electron chi connectivity index (χ3n) is 4.35. The van der Waals surface area contributed by atoms with Gasteiger partial charge in [0, 0.05) is 18.7 Å². The smallest absolute Gasteiger partial charge is 0.361 e. The van der Waals surface area contributed by atoms with Crippen molar-refractivity contribution < 1.29 is 28.8 Å². The summed E-state index contributed by atoms with van der Waals surface area (Å²) < 4.78 is 21.6. The summed E-state index contributed by atoms with van der Waals surface area (Å²) >= 11 is 0. The van der Waals surface area contributed by atoms with E-state index in [0.717, 1.165) is 0 Å². The Kier molecular flexibility index (Phi) is 6.71. The second-order valence-corrected chi connectivity index (χ2v) is 6.19. The van der Waals surface area contributed by atoms with Gasteiger partial charge in [-0.15, -0.1) is 0 Å². The Labute approximate surface area is 169 Å². The van der Waals surface area contributed by atoms with E-state index in [-0.39, 0.29) is 23.8 Å². The molecule has 1 N–H and O–H groups in total. The molecule has 9 heteroatoms. The van der Waals surface area contributed by atoms with Crippen molar-refractivity contribution in [2.75, 3.05) is 51.5 Å². The lowest BCUT2D eigenvalue weighted by Crippen LogP contribution is -2.37. The van der Waals surface area contributed by atoms with Crippen molar-refractivity contribution in [3.8, 4) is 28.6 Å². The monoisotopic (exact) mass is 403 g/mol. The second-order valence-electron chi connectivity index (χ2n) is 6.19. The largest absolute Gasteiger partial charge is 0.504 e. The van der Waals surface area contributed by atoms with Crippen LogP contribution in [0.15, 0.2) is 18.2 Å². The molecule has 9 nitrogen and oxygen atoms in total. The zero-order valence-electron chi connectivity index (χ0n) is 16.8. The molecule has 2 heterocycles. The molecule has 2 aromatic rings. The number of carbonyl (C=O) groups excluding carboxylic acids is 1. The molecule has 0 unspecified atom stereocenters. The van der Waals surface area contributed by atoms with E-state index in [9.17, 15) is 9.90 Å². The second kappa shape index (κ2) is 9.42. The highest BCUT2D eigenvalue weighted by molar-refractivity contribution is 5.93. The summed E-state index contributed by atoms with van der Waals surface area (Å²) in [6.07, 6.45) is 0. The minimum Gasteiger partial charge on any atom is -0.504 e. The quantitative estimate of drug-likeness (QED) is 0.697. The molecule has 0 saturated carbocycles. The predicted octanol–water partition coefficient (Wildman–Crippen LogP) is 2.27. The third-order valence-corrected chi connectivity index (χ3v) is 4.35. The number of anilines is 1. The van der Waals surface area contributed by atoms with Crippen LogP contribution in [0.2, 0.25) is 0 Å². The highest BCUT2D eigenvalue weighted by atomic mass is 16.5. The molecular weight excluding hydrogens is 378 g/mol. The Hall–Kier alpha value is -3.07. The van der Waals surface area contributed by atoms with Gasteiger partial charge in [0.25, 0.3) is 0 Å². The standard InChI is InChI=1S/C20H25N3O6/c1-4-28-17-16(20(25)29-5-2)21-18(13-6-7-14(24)15(12-13)26-3)22-19(17)23-8-10-27-11-9-23/h6-7,12,24H,4-5,8-11H2,1-3H3. The van der Waals surface area contributed by atoms with Crippen LogP contribution in [0.5, 0.6) is 17.2 Å². The number of phenolic OH excluding ortho intramolecular Hbond substituents is 1. The van der Waals surface area contributed by atoms with Crippen molar-refractivity contribution in [3.05, 3.63) is 23.9 Å². The SMILES string of the molecule is CCOC(=O)c1nc(-c2ccc(O)c(OC)c2)nc(N2CCOCC2)c1OCC. The zero-order valence-corrected chi connectivity index (χ0v) is 16.8. The third kappa shape index (κ3) is 4.51. The molecule has 0 aliphatic carbocycles. The number of morpholine rings is 1. The average molecular weight is 403 g/mol. The molecule has 29 heavy (non-hydrogen) atoms. The minimum atomic E-state index is -0.583. The molecule has 1 fully saturated rings. The molecule has 0 amide bonds. The molecule has 0 bridgehead atoms. The van der Waals surface area contributed by atoms with E-state index in [1.54, 1.807) is 19.1 Å². The number of hydrogen-bond donors (Lipinski definition) is 1. The molecule has 0 atom stereocenters. The van der Waals surface area contributed by atoms with Crippen LogP contribution in [-0.4, -0.2) is 67.7 Å². The van der Waals surface area contributed by atoms with Gasteiger partial charge in [0.05, 0.1) is 33.5 Å². The highest BCUT2D eigenvalue weighted by Crippen LogP contribution is 2.35. The minimum absolute atomic E-state index is 0.00112. The van der Waals surface area contributed by atoms with Gasteiger partial charge in [-0.1, -0.05) is 0 Å². The number of esters is 1. The summed E-state index contributed by atoms with van der Waals surface area (Å²) in [6.45, 7) is 6.43. The lowest BCUT2D eigenvalue weighted by molar-refractivity contribution is 0.0514. The lowest BCUT2D eigenvalue weighted by Gasteiger charge is -2.29. The normalized spacial score (nSPS) is 13.8. The van der Waals surface area contributed by atoms with Crippen molar-refractivity contribution in [2.24, 2.45) is 0 Å². The van der Waals surface area contributed by atoms with Crippen molar-refractivity contribution in [1.29, 1.82) is 0 Å². The Morgan fingerprint density at radius 2 is 1.97 bits per heavy atom. The Morgan fingerprint density at radius 1 is 1.21 bits per heavy atom. The fraction of sp³-hybridized carbons (Fsp3) is 0.450. The number of carbonyl (C=O) groups is 1. The number of hydrogen-bond acceptors (Lipinski definition) is 9. The van der Waals surface area contributed by atoms with Gasteiger partial charge >= 0.3 is 5.97 Å². The molecule has 1 aromatic heterocycles. The first-order chi connectivity index (χ1) is 14.1. The van der Waals surface area contributed by atoms with Crippen molar-refractivity contribution in [2.45, 2.75) is 13.8 Å². The van der Waals surface area contributed by atoms with Crippen LogP contribution >= 0.6 is 0 Å². The molecular formula is C20H25N3O6. The summed E-state index contributed by atoms with van der Waals surface area (Å²) in [7, 11) is 1.46. The van der Waals surface area contributed by atoms with Crippen LogP contribution < -0.4 is 14.4 Å². The topological polar surface area (TPSA) is 103 Å². The van der Waals surface area contributed by atoms with E-state index in [1.807, 2.05) is 11.8 Å². The van der Waals surface area contributed by atoms with Crippen molar-refractivity contribution in [1.82, 2.24) is 9.97 Å². The Balaban J connectivity index is 2.18. The van der Waals surface area contributed by atoms with Crippen molar-refractivity contribution in [3.63, 3.8) is 0 Å². The van der Waals surface area contributed by atoms with Gasteiger partial charge in [-0.05, 0) is 32.0 Å². The summed E-state index contributed by atoms with van der Waals surface area (Å²) in [4.78, 5) is 23.8. The number of nitrogens with zero attached hydrogens (tertiary/aromatic N) is 3. The van der Waals surface area contributed by atoms with Crippen LogP contribution in [0.4, 0.5) is 5.82 Å². The van der Waals surface area contributed by atoms with Gasteiger partial charge in [0.15, 0.2) is 34.6 Å². The Morgan fingerprint density at radius 3 is 2.62 bits per heavy atom. The first kappa shape index (κ1) is 20.7. The molecule has 156 valence electrons. The van der Waals surface area contributed by atoms with E-state index in [4.69, 9.17) is 18.9 Å². The summed E-state index contributed by atoms with van der Waals surface area (Å²) in [6, 6.07) is 4.76. The predicted molar refractivity (Wildman–Crippen MR) is 106 cm³/mol. The number of aromatic hydroxyl groups is 1. The van der Waals surface area contributed by atoms with Crippen LogP contribution in [0, 0.1) is 0 Å². The van der Waals surface area contributed by atoms with E-state index in [0.29, 0.717) is 55.9 Å². The van der Waals surface area contributed by atoms with Crippen LogP contribution in [-0.2, 0) is 9.47 Å². The summed E-state index contributed by atoms with van der Waals surface area (Å²) in [5.74, 6) is 0.806. The summed E-state index contributed by atoms with van der Waals surface area (Å²) in [5, 5.41) is 9.89. The number of benzene rings is 1. The first-order valence-electron chi connectivity index (χ1n) is 9.51. The average Bonchev–Trinajstić information content (AvgIpc) is 2.75. The molecule has 0 spiro atoms. The number of rotatable bonds is 7. The maximum absolute atomic E-state index is 12.6. The van der Waals surface area contributed by atoms with Crippen LogP contribution in [0.3, 0.4) is 0 Å². The van der Waals surface area contributed by atoms with Gasteiger partial charge in [0.1, 0.15) is 0 Å². The van der Waals surface area contributed by atoms with E-state index in [2.05, 4.69) is 9.97 Å². The van der Waals surface area contributed by atoms with Gasteiger partial charge in [-0.25, -0.2) is 14.8 Å². The maximum atomic E-state index is 12.6. The number of phenols is 1. The maximum Gasteiger partial charge on any atom is 0.361 e. The van der Waals surface area contributed by atoms with E-state index in [1.165, 1.54) is 13.2 Å². The van der Waals surface area contributed by atoms with E-state index < -0.39 is 5.97 Å². The zero-order chi connectivity index (χ0) is 20.8. The molecule has 1 saturated heterocycles. The Bertz CT molecular complexity index is 868. The number of ether oxygens (including phenoxy) is 4. The summed E-state index contributed by atoms with van der Waals surface area (Å²) in [5.41, 5.74) is 0.648. The lowest BCUT2D eigenvalue weighted by atomic mass is 10.1. The van der Waals surface area contributed by atoms with Gasteiger partial charge in [-0.2, -0.15) is 0 Å². The van der Waals surface area contributed by atoms with Gasteiger partial charge in [-0.3, -0.25) is 0 Å². The molecule has 1 aromatic carbocycles. The fourth-order valence-corrected chi connectivity index (χ4v) is 2.99. The van der Waals surface area contributed by atoms with Gasteiger partial charge in [0.2, 0.25) is 0 Å². The van der Waals surface area contributed by atoms with Gasteiger partial charge < -0.3 is 29.0 Å². The number of aromatic nitrogens is 2. The highest BCUT2D eigenvalue weighted by Gasteiger charge is 2.27. The van der Waals surface area contributed by atoms with Crippen molar-refractivity contribution >= 4 is 11.8 Å². The molecule has 1 aliphatic heterocycles. The van der Waals surface area contributed by atoms with Crippen LogP contribution in [0.1, 0.15) is 24.3 Å². The number of methoxy groups -OCH3 is 1. The molecule has 3 rings (SSSR count). The fourth-order valence-electron chi connectivity index (χ4n) is 2.99.